The van der Waals surface area contributed by atoms with Crippen LogP contribution in [0.3, 0.4) is 0 Å². The van der Waals surface area contributed by atoms with Gasteiger partial charge in [0.05, 0.1) is 5.56 Å². The Morgan fingerprint density at radius 1 is 0.741 bits per heavy atom. The van der Waals surface area contributed by atoms with E-state index in [4.69, 9.17) is 4.74 Å². The summed E-state index contributed by atoms with van der Waals surface area (Å²) in [6.45, 7) is 0. The Labute approximate surface area is 157 Å². The summed E-state index contributed by atoms with van der Waals surface area (Å²) in [5.41, 5.74) is 1.66. The Bertz CT molecular complexity index is 925. The number of nitrogens with one attached hydrogen (secondary N) is 3. The summed E-state index contributed by atoms with van der Waals surface area (Å²) in [6.07, 6.45) is 0. The van der Waals surface area contributed by atoms with Gasteiger partial charge in [-0.3, -0.25) is 4.79 Å². The van der Waals surface area contributed by atoms with Crippen LogP contribution in [0.1, 0.15) is 10.4 Å². The second-order valence-electron chi connectivity index (χ2n) is 5.65. The maximum Gasteiger partial charge on any atom is 0.318 e. The van der Waals surface area contributed by atoms with Gasteiger partial charge < -0.3 is 20.7 Å². The van der Waals surface area contributed by atoms with E-state index in [9.17, 15) is 9.59 Å². The average molecular weight is 361 g/mol. The van der Waals surface area contributed by atoms with E-state index in [0.29, 0.717) is 28.4 Å². The first-order valence-corrected chi connectivity index (χ1v) is 8.38. The highest BCUT2D eigenvalue weighted by Crippen LogP contribution is 2.26. The van der Waals surface area contributed by atoms with E-state index < -0.39 is 0 Å². The Morgan fingerprint density at radius 2 is 1.33 bits per heavy atom. The highest BCUT2D eigenvalue weighted by molar-refractivity contribution is 6.06. The maximum atomic E-state index is 12.7. The first kappa shape index (κ1) is 18.0. The van der Waals surface area contributed by atoms with Gasteiger partial charge in [-0.25, -0.2) is 4.79 Å². The van der Waals surface area contributed by atoms with Crippen molar-refractivity contribution >= 4 is 23.3 Å². The van der Waals surface area contributed by atoms with Gasteiger partial charge in [-0.2, -0.15) is 0 Å². The summed E-state index contributed by atoms with van der Waals surface area (Å²) in [5.74, 6) is 0.843. The van der Waals surface area contributed by atoms with Crippen molar-refractivity contribution in [1.82, 2.24) is 5.32 Å². The fourth-order valence-electron chi connectivity index (χ4n) is 2.39. The van der Waals surface area contributed by atoms with Gasteiger partial charge in [-0.05, 0) is 48.5 Å². The third-order valence-electron chi connectivity index (χ3n) is 3.73. The monoisotopic (exact) mass is 361 g/mol. The van der Waals surface area contributed by atoms with Crippen LogP contribution in [0, 0.1) is 0 Å². The summed E-state index contributed by atoms with van der Waals surface area (Å²) in [7, 11) is 1.54. The van der Waals surface area contributed by atoms with E-state index in [-0.39, 0.29) is 11.9 Å². The number of carbonyl (C=O) groups is 2. The molecule has 6 heteroatoms. The quantitative estimate of drug-likeness (QED) is 0.627. The molecule has 3 rings (SSSR count). The van der Waals surface area contributed by atoms with Gasteiger partial charge in [-0.1, -0.05) is 30.3 Å². The molecule has 136 valence electrons. The van der Waals surface area contributed by atoms with Crippen LogP contribution in [0.5, 0.6) is 11.5 Å². The van der Waals surface area contributed by atoms with Crippen LogP contribution in [0.25, 0.3) is 0 Å². The number of hydrogen-bond donors (Lipinski definition) is 3. The molecule has 0 fully saturated rings. The SMILES string of the molecule is CNC(=O)Nc1ccc(NC(=O)c2ccccc2Oc2ccccc2)cc1. The molecule has 0 bridgehead atoms. The first-order chi connectivity index (χ1) is 13.2. The normalized spacial score (nSPS) is 9.96. The molecule has 3 aromatic carbocycles. The standard InChI is InChI=1S/C21H19N3O3/c1-22-21(26)24-16-13-11-15(12-14-16)23-20(25)18-9-5-6-10-19(18)27-17-7-3-2-4-8-17/h2-14H,1H3,(H,23,25)(H2,22,24,26). The molecule has 3 aromatic rings. The second kappa shape index (κ2) is 8.53. The van der Waals surface area contributed by atoms with Gasteiger partial charge in [0.2, 0.25) is 0 Å². The molecule has 0 unspecified atom stereocenters. The fourth-order valence-corrected chi connectivity index (χ4v) is 2.39. The van der Waals surface area contributed by atoms with Crippen molar-refractivity contribution in [1.29, 1.82) is 0 Å². The lowest BCUT2D eigenvalue weighted by Gasteiger charge is -2.12. The molecule has 0 aromatic heterocycles. The zero-order chi connectivity index (χ0) is 19.1. The minimum Gasteiger partial charge on any atom is -0.457 e. The van der Waals surface area contributed by atoms with Crippen LogP contribution < -0.4 is 20.7 Å². The molecular weight excluding hydrogens is 342 g/mol. The summed E-state index contributed by atoms with van der Waals surface area (Å²) >= 11 is 0. The lowest BCUT2D eigenvalue weighted by atomic mass is 10.1. The molecule has 0 saturated carbocycles. The van der Waals surface area contributed by atoms with Gasteiger partial charge >= 0.3 is 6.03 Å². The van der Waals surface area contributed by atoms with E-state index in [1.165, 1.54) is 0 Å². The average Bonchev–Trinajstić information content (AvgIpc) is 2.70. The molecule has 3 amide bonds. The summed E-state index contributed by atoms with van der Waals surface area (Å²) in [4.78, 5) is 24.0. The van der Waals surface area contributed by atoms with Crippen molar-refractivity contribution in [2.24, 2.45) is 0 Å². The molecule has 0 atom stereocenters. The van der Waals surface area contributed by atoms with Crippen molar-refractivity contribution in [2.45, 2.75) is 0 Å². The molecule has 0 aliphatic carbocycles. The minimum atomic E-state index is -0.307. The number of benzene rings is 3. The van der Waals surface area contributed by atoms with Gasteiger partial charge in [0, 0.05) is 18.4 Å². The lowest BCUT2D eigenvalue weighted by molar-refractivity contribution is 0.102. The smallest absolute Gasteiger partial charge is 0.318 e. The van der Waals surface area contributed by atoms with E-state index in [2.05, 4.69) is 16.0 Å². The molecule has 0 saturated heterocycles. The second-order valence-corrected chi connectivity index (χ2v) is 5.65. The molecule has 6 nitrogen and oxygen atoms in total. The molecule has 27 heavy (non-hydrogen) atoms. The van der Waals surface area contributed by atoms with E-state index in [1.807, 2.05) is 36.4 Å². The van der Waals surface area contributed by atoms with Crippen molar-refractivity contribution < 1.29 is 14.3 Å². The maximum absolute atomic E-state index is 12.7. The Kier molecular flexibility index (Phi) is 5.69. The summed E-state index contributed by atoms with van der Waals surface area (Å²) in [6, 6.07) is 22.9. The predicted octanol–water partition coefficient (Wildman–Crippen LogP) is 4.48. The first-order valence-electron chi connectivity index (χ1n) is 8.38. The third kappa shape index (κ3) is 4.85. The molecule has 0 aliphatic rings. The Hall–Kier alpha value is -3.80. The van der Waals surface area contributed by atoms with Crippen molar-refractivity contribution in [2.75, 3.05) is 17.7 Å². The van der Waals surface area contributed by atoms with Crippen LogP contribution in [0.2, 0.25) is 0 Å². The topological polar surface area (TPSA) is 79.5 Å². The molecule has 3 N–H and O–H groups in total. The molecular formula is C21H19N3O3. The van der Waals surface area contributed by atoms with E-state index >= 15 is 0 Å². The fraction of sp³-hybridized carbons (Fsp3) is 0.0476. The number of carbonyl (C=O) groups excluding carboxylic acids is 2. The van der Waals surface area contributed by atoms with Gasteiger partial charge in [0.25, 0.3) is 5.91 Å². The Balaban J connectivity index is 1.72. The molecule has 0 spiro atoms. The number of anilines is 2. The highest BCUT2D eigenvalue weighted by Gasteiger charge is 2.13. The summed E-state index contributed by atoms with van der Waals surface area (Å²) < 4.78 is 5.83. The van der Waals surface area contributed by atoms with Gasteiger partial charge in [0.1, 0.15) is 11.5 Å². The highest BCUT2D eigenvalue weighted by atomic mass is 16.5. The van der Waals surface area contributed by atoms with Gasteiger partial charge in [-0.15, -0.1) is 0 Å². The van der Waals surface area contributed by atoms with Crippen LogP contribution in [-0.4, -0.2) is 19.0 Å². The van der Waals surface area contributed by atoms with Crippen molar-refractivity contribution in [3.8, 4) is 11.5 Å². The lowest BCUT2D eigenvalue weighted by Crippen LogP contribution is -2.24. The zero-order valence-electron chi connectivity index (χ0n) is 14.7. The largest absolute Gasteiger partial charge is 0.457 e. The number of urea groups is 1. The predicted molar refractivity (Wildman–Crippen MR) is 105 cm³/mol. The number of rotatable bonds is 5. The van der Waals surface area contributed by atoms with Crippen molar-refractivity contribution in [3.63, 3.8) is 0 Å². The van der Waals surface area contributed by atoms with E-state index in [0.717, 1.165) is 0 Å². The van der Waals surface area contributed by atoms with E-state index in [1.54, 1.807) is 49.5 Å². The number of para-hydroxylation sites is 2. The van der Waals surface area contributed by atoms with Gasteiger partial charge in [0.15, 0.2) is 0 Å². The number of ether oxygens (including phenoxy) is 1. The molecule has 0 heterocycles. The van der Waals surface area contributed by atoms with Crippen molar-refractivity contribution in [3.05, 3.63) is 84.4 Å². The van der Waals surface area contributed by atoms with Crippen LogP contribution >= 0.6 is 0 Å². The molecule has 0 aliphatic heterocycles. The number of hydrogen-bond acceptors (Lipinski definition) is 3. The zero-order valence-corrected chi connectivity index (χ0v) is 14.7. The van der Waals surface area contributed by atoms with Crippen LogP contribution in [0.4, 0.5) is 16.2 Å². The minimum absolute atomic E-state index is 0.284. The van der Waals surface area contributed by atoms with Crippen LogP contribution in [-0.2, 0) is 0 Å². The number of amides is 3. The van der Waals surface area contributed by atoms with Crippen LogP contribution in [0.15, 0.2) is 78.9 Å². The molecule has 0 radical (unpaired) electrons. The summed E-state index contributed by atoms with van der Waals surface area (Å²) in [5, 5.41) is 7.96. The Morgan fingerprint density at radius 3 is 2.00 bits per heavy atom. The third-order valence-corrected chi connectivity index (χ3v) is 3.73.